The van der Waals surface area contributed by atoms with Crippen LogP contribution in [0.15, 0.2) is 48.6 Å². The van der Waals surface area contributed by atoms with Gasteiger partial charge < -0.3 is 14.2 Å². The molecule has 0 aliphatic heterocycles. The van der Waals surface area contributed by atoms with Gasteiger partial charge in [0.15, 0.2) is 6.10 Å². The van der Waals surface area contributed by atoms with Crippen molar-refractivity contribution in [2.24, 2.45) is 0 Å². The van der Waals surface area contributed by atoms with E-state index in [0.29, 0.717) is 19.3 Å². The number of allylic oxidation sites excluding steroid dienone is 8. The lowest BCUT2D eigenvalue weighted by molar-refractivity contribution is -0.167. The molecule has 0 spiro atoms. The maximum atomic E-state index is 12.7. The third kappa shape index (κ3) is 58.1. The summed E-state index contributed by atoms with van der Waals surface area (Å²) in [6, 6.07) is 0. The van der Waals surface area contributed by atoms with Crippen LogP contribution in [0.1, 0.15) is 329 Å². The van der Waals surface area contributed by atoms with E-state index in [2.05, 4.69) is 69.4 Å². The van der Waals surface area contributed by atoms with E-state index in [-0.39, 0.29) is 31.1 Å². The van der Waals surface area contributed by atoms with Crippen molar-refractivity contribution in [2.75, 3.05) is 13.2 Å². The third-order valence-electron chi connectivity index (χ3n) is 13.8. The zero-order valence-corrected chi connectivity index (χ0v) is 47.5. The Morgan fingerprint density at radius 3 is 0.859 bits per heavy atom. The van der Waals surface area contributed by atoms with Gasteiger partial charge in [0.05, 0.1) is 0 Å². The van der Waals surface area contributed by atoms with Gasteiger partial charge in [0.2, 0.25) is 0 Å². The summed E-state index contributed by atoms with van der Waals surface area (Å²) in [6.07, 6.45) is 74.5. The number of ether oxygens (including phenoxy) is 3. The van der Waals surface area contributed by atoms with Crippen LogP contribution in [0.3, 0.4) is 0 Å². The quantitative estimate of drug-likeness (QED) is 0.0261. The molecule has 414 valence electrons. The van der Waals surface area contributed by atoms with E-state index in [1.165, 1.54) is 205 Å². The molecule has 0 radical (unpaired) electrons. The molecule has 6 heteroatoms. The van der Waals surface area contributed by atoms with Crippen LogP contribution < -0.4 is 0 Å². The predicted molar refractivity (Wildman–Crippen MR) is 307 cm³/mol. The molecule has 0 rings (SSSR count). The van der Waals surface area contributed by atoms with Crippen molar-refractivity contribution >= 4 is 17.9 Å². The van der Waals surface area contributed by atoms with Gasteiger partial charge in [-0.25, -0.2) is 0 Å². The van der Waals surface area contributed by atoms with Crippen LogP contribution in [-0.2, 0) is 28.6 Å². The Kier molecular flexibility index (Phi) is 57.7. The Morgan fingerprint density at radius 1 is 0.296 bits per heavy atom. The lowest BCUT2D eigenvalue weighted by atomic mass is 10.0. The lowest BCUT2D eigenvalue weighted by Crippen LogP contribution is -2.30. The van der Waals surface area contributed by atoms with Crippen LogP contribution in [-0.4, -0.2) is 37.2 Å². The second kappa shape index (κ2) is 59.9. The first-order chi connectivity index (χ1) is 35.0. The molecule has 6 nitrogen and oxygen atoms in total. The molecule has 0 saturated heterocycles. The molecule has 0 fully saturated rings. The molecule has 0 aliphatic carbocycles. The van der Waals surface area contributed by atoms with Crippen molar-refractivity contribution in [3.8, 4) is 0 Å². The van der Waals surface area contributed by atoms with Crippen molar-refractivity contribution < 1.29 is 28.6 Å². The Bertz CT molecular complexity index is 1230. The first-order valence-corrected chi connectivity index (χ1v) is 31.1. The van der Waals surface area contributed by atoms with E-state index < -0.39 is 6.10 Å². The highest BCUT2D eigenvalue weighted by Gasteiger charge is 2.19. The summed E-state index contributed by atoms with van der Waals surface area (Å²) in [7, 11) is 0. The van der Waals surface area contributed by atoms with Crippen molar-refractivity contribution in [2.45, 2.75) is 335 Å². The molecule has 1 unspecified atom stereocenters. The number of esters is 3. The zero-order chi connectivity index (χ0) is 51.4. The van der Waals surface area contributed by atoms with Gasteiger partial charge in [-0.2, -0.15) is 0 Å². The number of carbonyl (C=O) groups is 3. The van der Waals surface area contributed by atoms with Crippen molar-refractivity contribution in [3.05, 3.63) is 48.6 Å². The summed E-state index contributed by atoms with van der Waals surface area (Å²) in [5.74, 6) is -0.854. The molecule has 0 aromatic heterocycles. The maximum absolute atomic E-state index is 12.7. The smallest absolute Gasteiger partial charge is 0.306 e. The Balaban J connectivity index is 3.87. The van der Waals surface area contributed by atoms with E-state index in [1.54, 1.807) is 0 Å². The Morgan fingerprint density at radius 2 is 0.549 bits per heavy atom. The molecule has 0 aromatic carbocycles. The minimum atomic E-state index is -0.763. The molecule has 71 heavy (non-hydrogen) atoms. The summed E-state index contributed by atoms with van der Waals surface area (Å²) in [5, 5.41) is 0. The number of rotatable bonds is 57. The minimum absolute atomic E-state index is 0.0660. The van der Waals surface area contributed by atoms with E-state index in [9.17, 15) is 14.4 Å². The van der Waals surface area contributed by atoms with Gasteiger partial charge in [-0.1, -0.05) is 301 Å². The normalized spacial score (nSPS) is 12.3. The summed E-state index contributed by atoms with van der Waals surface area (Å²) in [4.78, 5) is 37.9. The Hall–Kier alpha value is -2.63. The van der Waals surface area contributed by atoms with Gasteiger partial charge in [-0.15, -0.1) is 0 Å². The summed E-state index contributed by atoms with van der Waals surface area (Å²) in [5.41, 5.74) is 0. The van der Waals surface area contributed by atoms with Gasteiger partial charge in [0, 0.05) is 19.3 Å². The van der Waals surface area contributed by atoms with Gasteiger partial charge in [0.1, 0.15) is 13.2 Å². The van der Waals surface area contributed by atoms with Gasteiger partial charge in [-0.3, -0.25) is 14.4 Å². The molecule has 0 N–H and O–H groups in total. The zero-order valence-electron chi connectivity index (χ0n) is 47.5. The molecule has 0 saturated carbocycles. The molecule has 0 aromatic rings. The van der Waals surface area contributed by atoms with Gasteiger partial charge in [-0.05, 0) is 57.8 Å². The number of unbranched alkanes of at least 4 members (excludes halogenated alkanes) is 38. The Labute approximate surface area is 441 Å². The number of hydrogen-bond acceptors (Lipinski definition) is 6. The molecular formula is C65H118O6. The fourth-order valence-electron chi connectivity index (χ4n) is 9.20. The number of hydrogen-bond donors (Lipinski definition) is 0. The van der Waals surface area contributed by atoms with E-state index in [1.807, 2.05) is 0 Å². The molecule has 0 amide bonds. The van der Waals surface area contributed by atoms with Crippen LogP contribution in [0, 0.1) is 0 Å². The largest absolute Gasteiger partial charge is 0.462 e. The van der Waals surface area contributed by atoms with E-state index >= 15 is 0 Å². The second-order valence-corrected chi connectivity index (χ2v) is 21.0. The SMILES string of the molecule is CC/C=C\C/C=C\C/C=C\C/C=C\CCCCCCCCCCCCCCCCCCCCCCCCC(=O)OCC(COC(=O)CCCCCCCCCCC)OC(=O)CCCCCCCCCCC. The van der Waals surface area contributed by atoms with E-state index in [0.717, 1.165) is 83.5 Å². The highest BCUT2D eigenvalue weighted by atomic mass is 16.6. The first-order valence-electron chi connectivity index (χ1n) is 31.1. The second-order valence-electron chi connectivity index (χ2n) is 21.0. The standard InChI is InChI=1S/C65H118O6/c1-4-7-10-13-16-19-20-21-22-23-24-25-26-27-28-29-30-31-32-33-34-35-36-37-38-39-40-41-42-43-44-47-49-52-55-58-64(67)70-61-62(71-65(68)59-56-53-50-46-18-15-12-9-6-3)60-69-63(66)57-54-51-48-45-17-14-11-8-5-2/h7,10,16,19,21-22,24-25,62H,4-6,8-9,11-15,17-18,20,23,26-61H2,1-3H3/b10-7-,19-16-,22-21-,25-24-. The fourth-order valence-corrected chi connectivity index (χ4v) is 9.20. The summed E-state index contributed by atoms with van der Waals surface area (Å²) >= 11 is 0. The third-order valence-corrected chi connectivity index (χ3v) is 13.8. The highest BCUT2D eigenvalue weighted by molar-refractivity contribution is 5.71. The summed E-state index contributed by atoms with van der Waals surface area (Å²) in [6.45, 7) is 6.52. The van der Waals surface area contributed by atoms with Crippen LogP contribution in [0.4, 0.5) is 0 Å². The molecule has 1 atom stereocenters. The highest BCUT2D eigenvalue weighted by Crippen LogP contribution is 2.17. The van der Waals surface area contributed by atoms with Crippen molar-refractivity contribution in [3.63, 3.8) is 0 Å². The molecule has 0 aliphatic rings. The maximum Gasteiger partial charge on any atom is 0.306 e. The minimum Gasteiger partial charge on any atom is -0.462 e. The fraction of sp³-hybridized carbons (Fsp3) is 0.831. The lowest BCUT2D eigenvalue weighted by Gasteiger charge is -2.18. The summed E-state index contributed by atoms with van der Waals surface area (Å²) < 4.78 is 16.8. The van der Waals surface area contributed by atoms with Crippen LogP contribution in [0.25, 0.3) is 0 Å². The molecule has 0 bridgehead atoms. The average Bonchev–Trinajstić information content (AvgIpc) is 3.37. The van der Waals surface area contributed by atoms with Crippen LogP contribution in [0.2, 0.25) is 0 Å². The van der Waals surface area contributed by atoms with Crippen molar-refractivity contribution in [1.82, 2.24) is 0 Å². The van der Waals surface area contributed by atoms with Crippen LogP contribution in [0.5, 0.6) is 0 Å². The monoisotopic (exact) mass is 995 g/mol. The van der Waals surface area contributed by atoms with E-state index in [4.69, 9.17) is 14.2 Å². The molecule has 0 heterocycles. The average molecular weight is 996 g/mol. The molecular weight excluding hydrogens is 877 g/mol. The predicted octanol–water partition coefficient (Wildman–Crippen LogP) is 21.0. The van der Waals surface area contributed by atoms with Gasteiger partial charge >= 0.3 is 17.9 Å². The van der Waals surface area contributed by atoms with Crippen molar-refractivity contribution in [1.29, 1.82) is 0 Å². The first kappa shape index (κ1) is 68.4. The van der Waals surface area contributed by atoms with Gasteiger partial charge in [0.25, 0.3) is 0 Å². The topological polar surface area (TPSA) is 78.9 Å². The number of carbonyl (C=O) groups excluding carboxylic acids is 3. The van der Waals surface area contributed by atoms with Crippen LogP contribution >= 0.6 is 0 Å².